The van der Waals surface area contributed by atoms with E-state index in [4.69, 9.17) is 0 Å². The standard InChI is InChI=1S/C16H16FNO/c1-10-6-11(2)14(12(3)7-10)8-16(19)15-5-4-13(17)9-18-15/h4-7,9H,8H2,1-3H3. The number of nitrogens with zero attached hydrogens (tertiary/aromatic N) is 1. The largest absolute Gasteiger partial charge is 0.292 e. The SMILES string of the molecule is Cc1cc(C)c(CC(=O)c2ccc(F)cn2)c(C)c1. The summed E-state index contributed by atoms with van der Waals surface area (Å²) in [5, 5.41) is 0. The number of carbonyl (C=O) groups is 1. The summed E-state index contributed by atoms with van der Waals surface area (Å²) >= 11 is 0. The number of hydrogen-bond acceptors (Lipinski definition) is 2. The quantitative estimate of drug-likeness (QED) is 0.787. The molecule has 0 bridgehead atoms. The van der Waals surface area contributed by atoms with Gasteiger partial charge < -0.3 is 0 Å². The van der Waals surface area contributed by atoms with Crippen molar-refractivity contribution in [2.24, 2.45) is 0 Å². The monoisotopic (exact) mass is 257 g/mol. The van der Waals surface area contributed by atoms with E-state index in [-0.39, 0.29) is 5.78 Å². The number of halogens is 1. The molecule has 0 aliphatic carbocycles. The van der Waals surface area contributed by atoms with Crippen molar-refractivity contribution in [2.45, 2.75) is 27.2 Å². The van der Waals surface area contributed by atoms with Crippen LogP contribution in [0.15, 0.2) is 30.5 Å². The third-order valence-corrected chi connectivity index (χ3v) is 3.19. The highest BCUT2D eigenvalue weighted by Gasteiger charge is 2.12. The van der Waals surface area contributed by atoms with Gasteiger partial charge in [-0.15, -0.1) is 0 Å². The van der Waals surface area contributed by atoms with Gasteiger partial charge in [-0.25, -0.2) is 4.39 Å². The van der Waals surface area contributed by atoms with E-state index >= 15 is 0 Å². The Hall–Kier alpha value is -2.03. The molecule has 0 atom stereocenters. The highest BCUT2D eigenvalue weighted by Crippen LogP contribution is 2.18. The molecule has 0 aliphatic heterocycles. The Morgan fingerprint density at radius 2 is 1.79 bits per heavy atom. The molecule has 0 aliphatic rings. The Kier molecular flexibility index (Phi) is 3.74. The van der Waals surface area contributed by atoms with Crippen LogP contribution in [0.3, 0.4) is 0 Å². The summed E-state index contributed by atoms with van der Waals surface area (Å²) < 4.78 is 12.8. The van der Waals surface area contributed by atoms with E-state index in [9.17, 15) is 9.18 Å². The number of carbonyl (C=O) groups excluding carboxylic acids is 1. The number of benzene rings is 1. The highest BCUT2D eigenvalue weighted by molar-refractivity contribution is 5.96. The molecule has 3 heteroatoms. The van der Waals surface area contributed by atoms with Crippen molar-refractivity contribution in [2.75, 3.05) is 0 Å². The molecular weight excluding hydrogens is 241 g/mol. The van der Waals surface area contributed by atoms with Crippen molar-refractivity contribution in [3.8, 4) is 0 Å². The topological polar surface area (TPSA) is 30.0 Å². The van der Waals surface area contributed by atoms with Crippen molar-refractivity contribution < 1.29 is 9.18 Å². The first-order valence-electron chi connectivity index (χ1n) is 6.19. The van der Waals surface area contributed by atoms with Crippen LogP contribution >= 0.6 is 0 Å². The molecule has 0 saturated carbocycles. The van der Waals surface area contributed by atoms with Gasteiger partial charge in [0.2, 0.25) is 0 Å². The summed E-state index contributed by atoms with van der Waals surface area (Å²) in [6.45, 7) is 6.04. The molecule has 2 nitrogen and oxygen atoms in total. The lowest BCUT2D eigenvalue weighted by atomic mass is 9.95. The molecule has 0 fully saturated rings. The van der Waals surface area contributed by atoms with Crippen LogP contribution in [-0.2, 0) is 6.42 Å². The second-order valence-electron chi connectivity index (χ2n) is 4.84. The van der Waals surface area contributed by atoms with Crippen LogP contribution < -0.4 is 0 Å². The van der Waals surface area contributed by atoms with E-state index in [1.807, 2.05) is 20.8 Å². The van der Waals surface area contributed by atoms with Gasteiger partial charge in [-0.3, -0.25) is 9.78 Å². The average Bonchev–Trinajstić information content (AvgIpc) is 2.34. The maximum Gasteiger partial charge on any atom is 0.185 e. The molecule has 1 heterocycles. The van der Waals surface area contributed by atoms with E-state index in [2.05, 4.69) is 17.1 Å². The van der Waals surface area contributed by atoms with Crippen LogP contribution in [0.1, 0.15) is 32.7 Å². The third-order valence-electron chi connectivity index (χ3n) is 3.19. The fourth-order valence-corrected chi connectivity index (χ4v) is 2.28. The van der Waals surface area contributed by atoms with Gasteiger partial charge in [0, 0.05) is 6.42 Å². The second kappa shape index (κ2) is 5.31. The zero-order chi connectivity index (χ0) is 14.0. The number of ketones is 1. The van der Waals surface area contributed by atoms with Gasteiger partial charge in [0.25, 0.3) is 0 Å². The van der Waals surface area contributed by atoms with E-state index in [0.29, 0.717) is 12.1 Å². The molecule has 0 radical (unpaired) electrons. The number of pyridine rings is 1. The Morgan fingerprint density at radius 3 is 2.32 bits per heavy atom. The Morgan fingerprint density at radius 1 is 1.16 bits per heavy atom. The van der Waals surface area contributed by atoms with E-state index in [1.165, 1.54) is 17.7 Å². The fourth-order valence-electron chi connectivity index (χ4n) is 2.28. The minimum absolute atomic E-state index is 0.0879. The number of hydrogen-bond donors (Lipinski definition) is 0. The lowest BCUT2D eigenvalue weighted by Crippen LogP contribution is -2.08. The van der Waals surface area contributed by atoms with E-state index < -0.39 is 5.82 Å². The van der Waals surface area contributed by atoms with Crippen LogP contribution in [0, 0.1) is 26.6 Å². The van der Waals surface area contributed by atoms with Gasteiger partial charge in [-0.2, -0.15) is 0 Å². The van der Waals surface area contributed by atoms with Crippen LogP contribution in [0.5, 0.6) is 0 Å². The average molecular weight is 257 g/mol. The third kappa shape index (κ3) is 3.05. The van der Waals surface area contributed by atoms with Gasteiger partial charge >= 0.3 is 0 Å². The normalized spacial score (nSPS) is 10.5. The van der Waals surface area contributed by atoms with E-state index in [1.54, 1.807) is 0 Å². The van der Waals surface area contributed by atoms with Crippen molar-refractivity contribution in [1.82, 2.24) is 4.98 Å². The van der Waals surface area contributed by atoms with Gasteiger partial charge in [-0.1, -0.05) is 17.7 Å². The Bertz CT molecular complexity index is 594. The molecule has 0 unspecified atom stereocenters. The lowest BCUT2D eigenvalue weighted by Gasteiger charge is -2.10. The van der Waals surface area contributed by atoms with Crippen molar-refractivity contribution >= 4 is 5.78 Å². The van der Waals surface area contributed by atoms with Crippen LogP contribution in [0.2, 0.25) is 0 Å². The smallest absolute Gasteiger partial charge is 0.185 e. The lowest BCUT2D eigenvalue weighted by molar-refractivity contribution is 0.0987. The predicted molar refractivity (Wildman–Crippen MR) is 72.9 cm³/mol. The van der Waals surface area contributed by atoms with Crippen molar-refractivity contribution in [3.63, 3.8) is 0 Å². The molecular formula is C16H16FNO. The van der Waals surface area contributed by atoms with Gasteiger partial charge in [-0.05, 0) is 49.6 Å². The van der Waals surface area contributed by atoms with Gasteiger partial charge in [0.05, 0.1) is 6.20 Å². The fraction of sp³-hybridized carbons (Fsp3) is 0.250. The minimum Gasteiger partial charge on any atom is -0.292 e. The number of rotatable bonds is 3. The van der Waals surface area contributed by atoms with Crippen LogP contribution in [0.25, 0.3) is 0 Å². The molecule has 1 aromatic carbocycles. The molecule has 0 amide bonds. The Labute approximate surface area is 112 Å². The van der Waals surface area contributed by atoms with Crippen molar-refractivity contribution in [1.29, 1.82) is 0 Å². The number of aromatic nitrogens is 1. The summed E-state index contributed by atoms with van der Waals surface area (Å²) in [5.41, 5.74) is 4.73. The molecule has 1 aromatic heterocycles. The van der Waals surface area contributed by atoms with Crippen molar-refractivity contribution in [3.05, 3.63) is 64.2 Å². The second-order valence-corrected chi connectivity index (χ2v) is 4.84. The zero-order valence-corrected chi connectivity index (χ0v) is 11.3. The highest BCUT2D eigenvalue weighted by atomic mass is 19.1. The molecule has 98 valence electrons. The predicted octanol–water partition coefficient (Wildman–Crippen LogP) is 3.57. The zero-order valence-electron chi connectivity index (χ0n) is 11.3. The molecule has 2 aromatic rings. The van der Waals surface area contributed by atoms with Gasteiger partial charge in [0.1, 0.15) is 11.5 Å². The van der Waals surface area contributed by atoms with E-state index in [0.717, 1.165) is 22.9 Å². The van der Waals surface area contributed by atoms with Crippen LogP contribution in [-0.4, -0.2) is 10.8 Å². The molecule has 0 N–H and O–H groups in total. The Balaban J connectivity index is 2.26. The van der Waals surface area contributed by atoms with Crippen LogP contribution in [0.4, 0.5) is 4.39 Å². The summed E-state index contributed by atoms with van der Waals surface area (Å²) in [7, 11) is 0. The summed E-state index contributed by atoms with van der Waals surface area (Å²) in [6, 6.07) is 6.81. The maximum absolute atomic E-state index is 12.8. The first-order chi connectivity index (χ1) is 8.97. The molecule has 2 rings (SSSR count). The maximum atomic E-state index is 12.8. The molecule has 0 saturated heterocycles. The summed E-state index contributed by atoms with van der Waals surface area (Å²) in [6.07, 6.45) is 1.37. The summed E-state index contributed by atoms with van der Waals surface area (Å²) in [4.78, 5) is 16.0. The first-order valence-corrected chi connectivity index (χ1v) is 6.19. The summed E-state index contributed by atoms with van der Waals surface area (Å²) in [5.74, 6) is -0.519. The molecule has 0 spiro atoms. The molecule has 19 heavy (non-hydrogen) atoms. The minimum atomic E-state index is -0.431. The number of aryl methyl sites for hydroxylation is 3. The first kappa shape index (κ1) is 13.4. The number of Topliss-reactive ketones (excluding diaryl/α,β-unsaturated/α-hetero) is 1. The van der Waals surface area contributed by atoms with Gasteiger partial charge in [0.15, 0.2) is 5.78 Å².